The molecule has 64 valence electrons. The molecule has 0 aromatic carbocycles. The second-order valence-electron chi connectivity index (χ2n) is 3.34. The Hall–Kier alpha value is -0.120. The van der Waals surface area contributed by atoms with Crippen molar-refractivity contribution in [1.29, 1.82) is 0 Å². The monoisotopic (exact) mass is 158 g/mol. The highest BCUT2D eigenvalue weighted by molar-refractivity contribution is 5.01. The zero-order valence-electron chi connectivity index (χ0n) is 6.86. The molecule has 0 amide bonds. The van der Waals surface area contributed by atoms with E-state index in [0.717, 1.165) is 6.42 Å². The average Bonchev–Trinajstić information content (AvgIpc) is 2.75. The van der Waals surface area contributed by atoms with Crippen LogP contribution >= 0.6 is 0 Å². The van der Waals surface area contributed by atoms with Crippen LogP contribution in [-0.4, -0.2) is 35.6 Å². The number of hydrogen-bond donors (Lipinski definition) is 1. The van der Waals surface area contributed by atoms with Crippen LogP contribution in [0.5, 0.6) is 0 Å². The molecule has 5 atom stereocenters. The minimum atomic E-state index is -0.402. The zero-order valence-corrected chi connectivity index (χ0v) is 6.86. The molecule has 0 aromatic heterocycles. The number of ether oxygens (including phenoxy) is 2. The Morgan fingerprint density at radius 1 is 1.27 bits per heavy atom. The van der Waals surface area contributed by atoms with Crippen LogP contribution in [0.1, 0.15) is 20.3 Å². The summed E-state index contributed by atoms with van der Waals surface area (Å²) in [6, 6.07) is 0. The van der Waals surface area contributed by atoms with Gasteiger partial charge in [-0.05, 0) is 13.3 Å². The first-order valence-corrected chi connectivity index (χ1v) is 4.23. The van der Waals surface area contributed by atoms with Crippen molar-refractivity contribution in [2.24, 2.45) is 0 Å². The Morgan fingerprint density at radius 2 is 2.00 bits per heavy atom. The van der Waals surface area contributed by atoms with Gasteiger partial charge in [-0.25, -0.2) is 0 Å². The van der Waals surface area contributed by atoms with E-state index in [1.807, 2.05) is 13.8 Å². The van der Waals surface area contributed by atoms with E-state index < -0.39 is 6.10 Å². The van der Waals surface area contributed by atoms with Crippen LogP contribution < -0.4 is 0 Å². The minimum Gasteiger partial charge on any atom is -0.388 e. The van der Waals surface area contributed by atoms with Gasteiger partial charge in [0.1, 0.15) is 18.3 Å². The van der Waals surface area contributed by atoms with Gasteiger partial charge in [0, 0.05) is 0 Å². The van der Waals surface area contributed by atoms with Gasteiger partial charge in [0.15, 0.2) is 0 Å². The van der Waals surface area contributed by atoms with Crippen LogP contribution in [0.25, 0.3) is 0 Å². The van der Waals surface area contributed by atoms with Crippen LogP contribution in [-0.2, 0) is 9.47 Å². The number of aliphatic hydroxyl groups is 1. The first kappa shape index (κ1) is 7.53. The molecule has 2 fully saturated rings. The van der Waals surface area contributed by atoms with Gasteiger partial charge in [-0.2, -0.15) is 0 Å². The standard InChI is InChI=1S/C8H14O3/c1-3-5-6(9)8-7(11-8)4(2)10-5/h4-9H,3H2,1-2H3/t4?,5-,6?,7?,8?/m1/s1. The first-order valence-electron chi connectivity index (χ1n) is 4.23. The Kier molecular flexibility index (Phi) is 1.67. The van der Waals surface area contributed by atoms with Crippen molar-refractivity contribution in [3.63, 3.8) is 0 Å². The van der Waals surface area contributed by atoms with Gasteiger partial charge in [-0.3, -0.25) is 0 Å². The maximum atomic E-state index is 9.55. The number of aliphatic hydroxyl groups excluding tert-OH is 1. The molecule has 0 radical (unpaired) electrons. The minimum absolute atomic E-state index is 0.0197. The molecule has 4 unspecified atom stereocenters. The van der Waals surface area contributed by atoms with Crippen molar-refractivity contribution in [2.75, 3.05) is 0 Å². The summed E-state index contributed by atoms with van der Waals surface area (Å²) in [6.45, 7) is 4.02. The van der Waals surface area contributed by atoms with E-state index in [1.54, 1.807) is 0 Å². The van der Waals surface area contributed by atoms with E-state index in [9.17, 15) is 5.11 Å². The largest absolute Gasteiger partial charge is 0.388 e. The van der Waals surface area contributed by atoms with E-state index in [4.69, 9.17) is 9.47 Å². The summed E-state index contributed by atoms with van der Waals surface area (Å²) >= 11 is 0. The molecule has 0 spiro atoms. The number of epoxide rings is 1. The van der Waals surface area contributed by atoms with Gasteiger partial charge < -0.3 is 14.6 Å². The highest BCUT2D eigenvalue weighted by Gasteiger charge is 2.55. The fraction of sp³-hybridized carbons (Fsp3) is 1.00. The average molecular weight is 158 g/mol. The van der Waals surface area contributed by atoms with Crippen molar-refractivity contribution in [3.8, 4) is 0 Å². The van der Waals surface area contributed by atoms with Gasteiger partial charge in [-0.15, -0.1) is 0 Å². The highest BCUT2D eigenvalue weighted by Crippen LogP contribution is 2.37. The molecule has 2 saturated heterocycles. The fourth-order valence-corrected chi connectivity index (χ4v) is 1.77. The zero-order chi connectivity index (χ0) is 8.01. The van der Waals surface area contributed by atoms with E-state index in [1.165, 1.54) is 0 Å². The van der Waals surface area contributed by atoms with E-state index in [2.05, 4.69) is 0 Å². The quantitative estimate of drug-likeness (QED) is 0.558. The van der Waals surface area contributed by atoms with Gasteiger partial charge in [0.05, 0.1) is 12.2 Å². The van der Waals surface area contributed by atoms with Crippen LogP contribution in [0.4, 0.5) is 0 Å². The fourth-order valence-electron chi connectivity index (χ4n) is 1.77. The highest BCUT2D eigenvalue weighted by atomic mass is 16.7. The van der Waals surface area contributed by atoms with Crippen LogP contribution in [0.15, 0.2) is 0 Å². The second-order valence-corrected chi connectivity index (χ2v) is 3.34. The maximum Gasteiger partial charge on any atom is 0.115 e. The SMILES string of the molecule is CC[C@H]1OC(C)C2OC2C1O. The Labute approximate surface area is 66.3 Å². The maximum absolute atomic E-state index is 9.55. The lowest BCUT2D eigenvalue weighted by Crippen LogP contribution is -2.43. The van der Waals surface area contributed by atoms with Gasteiger partial charge >= 0.3 is 0 Å². The summed E-state index contributed by atoms with van der Waals surface area (Å²) in [7, 11) is 0. The van der Waals surface area contributed by atoms with Crippen molar-refractivity contribution in [3.05, 3.63) is 0 Å². The molecule has 0 aliphatic carbocycles. The summed E-state index contributed by atoms with van der Waals surface area (Å²) in [4.78, 5) is 0. The number of rotatable bonds is 1. The lowest BCUT2D eigenvalue weighted by Gasteiger charge is -2.28. The molecule has 2 aliphatic rings. The summed E-state index contributed by atoms with van der Waals surface area (Å²) in [5.74, 6) is 0. The molecule has 3 nitrogen and oxygen atoms in total. The van der Waals surface area contributed by atoms with Crippen molar-refractivity contribution >= 4 is 0 Å². The Balaban J connectivity index is 2.02. The third kappa shape index (κ3) is 1.08. The summed E-state index contributed by atoms with van der Waals surface area (Å²) in [6.07, 6.45) is 0.817. The summed E-state index contributed by atoms with van der Waals surface area (Å²) in [5, 5.41) is 9.55. The smallest absolute Gasteiger partial charge is 0.115 e. The molecule has 1 N–H and O–H groups in total. The summed E-state index contributed by atoms with van der Waals surface area (Å²) in [5.41, 5.74) is 0. The van der Waals surface area contributed by atoms with E-state index in [-0.39, 0.29) is 24.4 Å². The molecule has 2 aliphatic heterocycles. The van der Waals surface area contributed by atoms with Crippen LogP contribution in [0, 0.1) is 0 Å². The number of hydrogen-bond acceptors (Lipinski definition) is 3. The third-order valence-electron chi connectivity index (χ3n) is 2.53. The van der Waals surface area contributed by atoms with Gasteiger partial charge in [0.2, 0.25) is 0 Å². The molecule has 2 rings (SSSR count). The molecule has 11 heavy (non-hydrogen) atoms. The van der Waals surface area contributed by atoms with Crippen molar-refractivity contribution in [2.45, 2.75) is 50.8 Å². The molecule has 0 bridgehead atoms. The van der Waals surface area contributed by atoms with Crippen LogP contribution in [0.3, 0.4) is 0 Å². The summed E-state index contributed by atoms with van der Waals surface area (Å²) < 4.78 is 10.8. The van der Waals surface area contributed by atoms with Crippen molar-refractivity contribution < 1.29 is 14.6 Å². The van der Waals surface area contributed by atoms with Crippen molar-refractivity contribution in [1.82, 2.24) is 0 Å². The predicted octanol–water partition coefficient (Wildman–Crippen LogP) is 0.312. The van der Waals surface area contributed by atoms with E-state index >= 15 is 0 Å². The predicted molar refractivity (Wildman–Crippen MR) is 39.3 cm³/mol. The topological polar surface area (TPSA) is 42.0 Å². The molecular formula is C8H14O3. The Morgan fingerprint density at radius 3 is 2.64 bits per heavy atom. The van der Waals surface area contributed by atoms with E-state index in [0.29, 0.717) is 0 Å². The van der Waals surface area contributed by atoms with Gasteiger partial charge in [-0.1, -0.05) is 6.92 Å². The van der Waals surface area contributed by atoms with Crippen LogP contribution in [0.2, 0.25) is 0 Å². The molecule has 3 heteroatoms. The Bertz CT molecular complexity index is 159. The third-order valence-corrected chi connectivity index (χ3v) is 2.53. The lowest BCUT2D eigenvalue weighted by molar-refractivity contribution is -0.0941. The molecule has 0 aromatic rings. The molecule has 0 saturated carbocycles. The first-order chi connectivity index (χ1) is 5.24. The van der Waals surface area contributed by atoms with Gasteiger partial charge in [0.25, 0.3) is 0 Å². The molecular weight excluding hydrogens is 144 g/mol. The molecule has 2 heterocycles. The normalized spacial score (nSPS) is 55.4. The second kappa shape index (κ2) is 2.44. The number of fused-ring (bicyclic) bond motifs is 1. The lowest BCUT2D eigenvalue weighted by atomic mass is 10.0.